The lowest BCUT2D eigenvalue weighted by molar-refractivity contribution is 0.249. The fourth-order valence-corrected chi connectivity index (χ4v) is 1.30. The number of benzene rings is 1. The van der Waals surface area contributed by atoms with Crippen LogP contribution in [0.5, 0.6) is 0 Å². The lowest BCUT2D eigenvalue weighted by Crippen LogP contribution is -2.33. The van der Waals surface area contributed by atoms with Crippen LogP contribution in [0.2, 0.25) is 0 Å². The predicted octanol–water partition coefficient (Wildman–Crippen LogP) is 2.09. The van der Waals surface area contributed by atoms with Gasteiger partial charge in [0.25, 0.3) is 0 Å². The zero-order valence-corrected chi connectivity index (χ0v) is 8.51. The van der Waals surface area contributed by atoms with E-state index in [9.17, 15) is 8.78 Å². The summed E-state index contributed by atoms with van der Waals surface area (Å²) in [7, 11) is 3.60. The molecule has 78 valence electrons. The van der Waals surface area contributed by atoms with E-state index in [1.807, 2.05) is 0 Å². The second kappa shape index (κ2) is 4.48. The van der Waals surface area contributed by atoms with Gasteiger partial charge in [-0.1, -0.05) is 0 Å². The lowest BCUT2D eigenvalue weighted by Gasteiger charge is -2.19. The van der Waals surface area contributed by atoms with Crippen LogP contribution >= 0.6 is 0 Å². The zero-order valence-electron chi connectivity index (χ0n) is 8.51. The summed E-state index contributed by atoms with van der Waals surface area (Å²) >= 11 is 0. The van der Waals surface area contributed by atoms with Crippen molar-refractivity contribution in [3.63, 3.8) is 0 Å². The third-order valence-corrected chi connectivity index (χ3v) is 1.88. The Labute approximate surface area is 82.5 Å². The first-order chi connectivity index (χ1) is 6.50. The molecule has 0 aliphatic carbocycles. The van der Waals surface area contributed by atoms with Gasteiger partial charge in [0.1, 0.15) is 11.6 Å². The van der Waals surface area contributed by atoms with Crippen LogP contribution in [0.4, 0.5) is 8.78 Å². The number of halogens is 2. The molecule has 0 heterocycles. The largest absolute Gasteiger partial charge is 0.250 e. The van der Waals surface area contributed by atoms with Crippen molar-refractivity contribution >= 4 is 0 Å². The highest BCUT2D eigenvalue weighted by molar-refractivity contribution is 5.21. The Bertz CT molecular complexity index is 313. The van der Waals surface area contributed by atoms with Crippen LogP contribution < -0.4 is 5.43 Å². The van der Waals surface area contributed by atoms with E-state index in [-0.39, 0.29) is 6.04 Å². The minimum absolute atomic E-state index is 0.249. The summed E-state index contributed by atoms with van der Waals surface area (Å²) in [6, 6.07) is 3.21. The average molecular weight is 200 g/mol. The first-order valence-electron chi connectivity index (χ1n) is 4.39. The summed E-state index contributed by atoms with van der Waals surface area (Å²) in [5, 5.41) is 1.70. The molecule has 1 N–H and O–H groups in total. The quantitative estimate of drug-likeness (QED) is 0.751. The fraction of sp³-hybridized carbons (Fsp3) is 0.400. The van der Waals surface area contributed by atoms with Crippen molar-refractivity contribution in [3.8, 4) is 0 Å². The van der Waals surface area contributed by atoms with Crippen molar-refractivity contribution in [1.82, 2.24) is 10.4 Å². The molecule has 0 bridgehead atoms. The van der Waals surface area contributed by atoms with Gasteiger partial charge in [-0.05, 0) is 25.1 Å². The summed E-state index contributed by atoms with van der Waals surface area (Å²) in [6.45, 7) is 1.78. The van der Waals surface area contributed by atoms with Gasteiger partial charge in [-0.25, -0.2) is 14.2 Å². The molecule has 1 aromatic rings. The molecule has 4 heteroatoms. The van der Waals surface area contributed by atoms with Gasteiger partial charge in [0.15, 0.2) is 0 Å². The summed E-state index contributed by atoms with van der Waals surface area (Å²) in [5.74, 6) is -0.818. The highest BCUT2D eigenvalue weighted by Gasteiger charge is 2.11. The van der Waals surface area contributed by atoms with Crippen molar-refractivity contribution in [1.29, 1.82) is 0 Å². The average Bonchev–Trinajstić information content (AvgIpc) is 2.08. The van der Waals surface area contributed by atoms with Gasteiger partial charge in [-0.2, -0.15) is 0 Å². The molecule has 14 heavy (non-hydrogen) atoms. The molecule has 0 spiro atoms. The lowest BCUT2D eigenvalue weighted by atomic mass is 10.1. The number of hydrogen-bond donors (Lipinski definition) is 1. The first kappa shape index (κ1) is 11.1. The highest BCUT2D eigenvalue weighted by atomic mass is 19.1. The van der Waals surface area contributed by atoms with Gasteiger partial charge in [0.05, 0.1) is 0 Å². The third kappa shape index (κ3) is 2.75. The van der Waals surface area contributed by atoms with E-state index in [0.29, 0.717) is 5.56 Å². The molecule has 0 aromatic heterocycles. The maximum atomic E-state index is 13.2. The maximum Gasteiger partial charge on any atom is 0.128 e. The van der Waals surface area contributed by atoms with Crippen molar-refractivity contribution in [2.45, 2.75) is 13.0 Å². The molecule has 0 saturated heterocycles. The topological polar surface area (TPSA) is 15.3 Å². The summed E-state index contributed by atoms with van der Waals surface area (Å²) in [4.78, 5) is 0. The Morgan fingerprint density at radius 3 is 2.50 bits per heavy atom. The van der Waals surface area contributed by atoms with Crippen LogP contribution in [0.15, 0.2) is 18.2 Å². The SMILES string of the molecule is CC(NN(C)C)c1cc(F)ccc1F. The number of nitrogens with zero attached hydrogens (tertiary/aromatic N) is 1. The Hall–Kier alpha value is -1.00. The number of nitrogens with one attached hydrogen (secondary N) is 1. The minimum Gasteiger partial charge on any atom is -0.250 e. The van der Waals surface area contributed by atoms with E-state index in [1.54, 1.807) is 26.0 Å². The molecule has 0 saturated carbocycles. The fourth-order valence-electron chi connectivity index (χ4n) is 1.30. The summed E-state index contributed by atoms with van der Waals surface area (Å²) < 4.78 is 26.1. The number of hydrazine groups is 1. The van der Waals surface area contributed by atoms with Gasteiger partial charge < -0.3 is 0 Å². The van der Waals surface area contributed by atoms with Crippen molar-refractivity contribution < 1.29 is 8.78 Å². The third-order valence-electron chi connectivity index (χ3n) is 1.88. The normalized spacial score (nSPS) is 13.3. The molecule has 0 amide bonds. The Morgan fingerprint density at radius 1 is 1.29 bits per heavy atom. The van der Waals surface area contributed by atoms with Crippen LogP contribution in [-0.4, -0.2) is 19.1 Å². The van der Waals surface area contributed by atoms with Crippen LogP contribution in [0.3, 0.4) is 0 Å². The van der Waals surface area contributed by atoms with Crippen LogP contribution in [-0.2, 0) is 0 Å². The van der Waals surface area contributed by atoms with E-state index in [2.05, 4.69) is 5.43 Å². The molecule has 0 aliphatic heterocycles. The van der Waals surface area contributed by atoms with Gasteiger partial charge in [0, 0.05) is 25.7 Å². The second-order valence-corrected chi connectivity index (χ2v) is 3.41. The Kier molecular flexibility index (Phi) is 3.55. The summed E-state index contributed by atoms with van der Waals surface area (Å²) in [6.07, 6.45) is 0. The molecule has 1 unspecified atom stereocenters. The first-order valence-corrected chi connectivity index (χ1v) is 4.39. The molecule has 1 aromatic carbocycles. The molecule has 1 rings (SSSR count). The minimum atomic E-state index is -0.422. The second-order valence-electron chi connectivity index (χ2n) is 3.41. The molecule has 1 atom stereocenters. The van der Waals surface area contributed by atoms with Crippen LogP contribution in [0.1, 0.15) is 18.5 Å². The highest BCUT2D eigenvalue weighted by Crippen LogP contribution is 2.17. The molecule has 0 aliphatic rings. The van der Waals surface area contributed by atoms with Gasteiger partial charge in [-0.3, -0.25) is 5.01 Å². The smallest absolute Gasteiger partial charge is 0.128 e. The molecular weight excluding hydrogens is 186 g/mol. The molecular formula is C10H14F2N2. The Morgan fingerprint density at radius 2 is 1.93 bits per heavy atom. The summed E-state index contributed by atoms with van der Waals surface area (Å²) in [5.41, 5.74) is 3.29. The number of hydrogen-bond acceptors (Lipinski definition) is 2. The maximum absolute atomic E-state index is 13.2. The van der Waals surface area contributed by atoms with Crippen LogP contribution in [0.25, 0.3) is 0 Å². The van der Waals surface area contributed by atoms with Gasteiger partial charge >= 0.3 is 0 Å². The number of rotatable bonds is 3. The van der Waals surface area contributed by atoms with E-state index in [1.165, 1.54) is 6.07 Å². The monoisotopic (exact) mass is 200 g/mol. The van der Waals surface area contributed by atoms with E-state index < -0.39 is 11.6 Å². The molecule has 2 nitrogen and oxygen atoms in total. The van der Waals surface area contributed by atoms with Gasteiger partial charge in [0.2, 0.25) is 0 Å². The Balaban J connectivity index is 2.88. The van der Waals surface area contributed by atoms with E-state index >= 15 is 0 Å². The standard InChI is InChI=1S/C10H14F2N2/c1-7(13-14(2)3)9-6-8(11)4-5-10(9)12/h4-7,13H,1-3H3. The zero-order chi connectivity index (χ0) is 10.7. The van der Waals surface area contributed by atoms with E-state index in [0.717, 1.165) is 12.1 Å². The van der Waals surface area contributed by atoms with Crippen molar-refractivity contribution in [2.24, 2.45) is 0 Å². The van der Waals surface area contributed by atoms with Crippen molar-refractivity contribution in [3.05, 3.63) is 35.4 Å². The predicted molar refractivity (Wildman–Crippen MR) is 51.6 cm³/mol. The van der Waals surface area contributed by atoms with Gasteiger partial charge in [-0.15, -0.1) is 0 Å². The molecule has 0 fully saturated rings. The molecule has 0 radical (unpaired) electrons. The van der Waals surface area contributed by atoms with Crippen molar-refractivity contribution in [2.75, 3.05) is 14.1 Å². The van der Waals surface area contributed by atoms with Crippen LogP contribution in [0, 0.1) is 11.6 Å². The van der Waals surface area contributed by atoms with E-state index in [4.69, 9.17) is 0 Å².